The SMILES string of the molecule is C[C@@H](CN(C)C)Oc1nc2c(c(N3CCN(CC(=O)OCc4ccccc4)CC3)n1)CCNC2. The Hall–Kier alpha value is -2.75. The Morgan fingerprint density at radius 2 is 1.91 bits per heavy atom. The summed E-state index contributed by atoms with van der Waals surface area (Å²) < 4.78 is 11.5. The van der Waals surface area contributed by atoms with Crippen molar-refractivity contribution in [3.63, 3.8) is 0 Å². The number of nitrogens with one attached hydrogen (secondary N) is 1. The van der Waals surface area contributed by atoms with E-state index in [1.165, 1.54) is 5.56 Å². The fourth-order valence-corrected chi connectivity index (χ4v) is 4.45. The monoisotopic (exact) mass is 468 g/mol. The normalized spacial score (nSPS) is 17.4. The van der Waals surface area contributed by atoms with Gasteiger partial charge < -0.3 is 24.6 Å². The highest BCUT2D eigenvalue weighted by atomic mass is 16.5. The van der Waals surface area contributed by atoms with E-state index in [2.05, 4.69) is 20.0 Å². The number of fused-ring (bicyclic) bond motifs is 1. The summed E-state index contributed by atoms with van der Waals surface area (Å²) in [5.41, 5.74) is 3.24. The van der Waals surface area contributed by atoms with E-state index in [1.807, 2.05) is 51.4 Å². The quantitative estimate of drug-likeness (QED) is 0.548. The number of rotatable bonds is 9. The Balaban J connectivity index is 1.35. The zero-order valence-electron chi connectivity index (χ0n) is 20.5. The highest BCUT2D eigenvalue weighted by Crippen LogP contribution is 2.27. The maximum Gasteiger partial charge on any atom is 0.320 e. The van der Waals surface area contributed by atoms with Gasteiger partial charge >= 0.3 is 12.0 Å². The van der Waals surface area contributed by atoms with Crippen molar-refractivity contribution in [2.45, 2.75) is 32.6 Å². The third-order valence-electron chi connectivity index (χ3n) is 6.09. The Kier molecular flexibility index (Phi) is 8.31. The van der Waals surface area contributed by atoms with E-state index in [0.29, 0.717) is 19.2 Å². The lowest BCUT2D eigenvalue weighted by Crippen LogP contribution is -2.49. The van der Waals surface area contributed by atoms with Crippen LogP contribution in [-0.4, -0.2) is 91.7 Å². The first-order valence-electron chi connectivity index (χ1n) is 12.1. The maximum atomic E-state index is 12.3. The van der Waals surface area contributed by atoms with Crippen LogP contribution in [0.4, 0.5) is 5.82 Å². The molecule has 1 fully saturated rings. The summed E-state index contributed by atoms with van der Waals surface area (Å²) in [6.45, 7) is 8.28. The molecule has 2 aromatic rings. The van der Waals surface area contributed by atoms with Crippen LogP contribution in [0.1, 0.15) is 23.7 Å². The number of likely N-dealkylation sites (N-methyl/N-ethyl adjacent to an activating group) is 1. The predicted molar refractivity (Wildman–Crippen MR) is 131 cm³/mol. The summed E-state index contributed by atoms with van der Waals surface area (Å²) in [5, 5.41) is 3.40. The minimum Gasteiger partial charge on any atom is -0.460 e. The number of hydrogen-bond donors (Lipinski definition) is 1. The van der Waals surface area contributed by atoms with Crippen molar-refractivity contribution in [2.75, 3.05) is 64.8 Å². The molecular weight excluding hydrogens is 432 g/mol. The Bertz CT molecular complexity index is 947. The molecule has 1 atom stereocenters. The molecule has 0 amide bonds. The average Bonchev–Trinajstić information content (AvgIpc) is 2.83. The largest absolute Gasteiger partial charge is 0.460 e. The fourth-order valence-electron chi connectivity index (χ4n) is 4.45. The first-order valence-corrected chi connectivity index (χ1v) is 12.1. The molecule has 0 saturated carbocycles. The van der Waals surface area contributed by atoms with Crippen molar-refractivity contribution in [1.82, 2.24) is 25.1 Å². The molecule has 4 rings (SSSR count). The summed E-state index contributed by atoms with van der Waals surface area (Å²) in [4.78, 5) is 28.4. The van der Waals surface area contributed by atoms with E-state index in [4.69, 9.17) is 19.4 Å². The molecule has 1 aromatic carbocycles. The van der Waals surface area contributed by atoms with Crippen molar-refractivity contribution < 1.29 is 14.3 Å². The van der Waals surface area contributed by atoms with Gasteiger partial charge in [-0.05, 0) is 39.5 Å². The molecule has 0 radical (unpaired) electrons. The van der Waals surface area contributed by atoms with Crippen LogP contribution in [0.25, 0.3) is 0 Å². The van der Waals surface area contributed by atoms with Crippen molar-refractivity contribution in [1.29, 1.82) is 0 Å². The molecule has 0 unspecified atom stereocenters. The lowest BCUT2D eigenvalue weighted by Gasteiger charge is -2.36. The highest BCUT2D eigenvalue weighted by Gasteiger charge is 2.26. The number of carbonyl (C=O) groups is 1. The van der Waals surface area contributed by atoms with E-state index in [-0.39, 0.29) is 12.1 Å². The topological polar surface area (TPSA) is 83.1 Å². The van der Waals surface area contributed by atoms with Crippen molar-refractivity contribution >= 4 is 11.8 Å². The molecule has 0 spiro atoms. The van der Waals surface area contributed by atoms with Gasteiger partial charge in [0.1, 0.15) is 18.5 Å². The van der Waals surface area contributed by atoms with Gasteiger partial charge in [0.2, 0.25) is 0 Å². The molecule has 184 valence electrons. The molecule has 1 saturated heterocycles. The Morgan fingerprint density at radius 3 is 2.65 bits per heavy atom. The van der Waals surface area contributed by atoms with Crippen LogP contribution in [0.3, 0.4) is 0 Å². The van der Waals surface area contributed by atoms with Gasteiger partial charge in [0, 0.05) is 44.8 Å². The number of piperazine rings is 1. The molecular formula is C25H36N6O3. The zero-order chi connectivity index (χ0) is 23.9. The van der Waals surface area contributed by atoms with E-state index < -0.39 is 0 Å². The molecule has 9 nitrogen and oxygen atoms in total. The van der Waals surface area contributed by atoms with E-state index in [0.717, 1.165) is 69.3 Å². The standard InChI is InChI=1S/C25H36N6O3/c1-19(16-29(2)3)34-25-27-22-15-26-10-9-21(22)24(28-25)31-13-11-30(12-14-31)17-23(32)33-18-20-7-5-4-6-8-20/h4-8,19,26H,9-18H2,1-3H3/t19-/m0/s1. The summed E-state index contributed by atoms with van der Waals surface area (Å²) in [7, 11) is 4.06. The lowest BCUT2D eigenvalue weighted by atomic mass is 10.1. The van der Waals surface area contributed by atoms with Crippen LogP contribution in [0, 0.1) is 0 Å². The highest BCUT2D eigenvalue weighted by molar-refractivity contribution is 5.71. The molecule has 34 heavy (non-hydrogen) atoms. The number of benzene rings is 1. The Morgan fingerprint density at radius 1 is 1.15 bits per heavy atom. The van der Waals surface area contributed by atoms with E-state index in [1.54, 1.807) is 0 Å². The molecule has 9 heteroatoms. The van der Waals surface area contributed by atoms with Crippen LogP contribution in [0.15, 0.2) is 30.3 Å². The third kappa shape index (κ3) is 6.65. The number of anilines is 1. The van der Waals surface area contributed by atoms with Gasteiger partial charge in [0.15, 0.2) is 0 Å². The number of esters is 1. The first kappa shape index (κ1) is 24.4. The van der Waals surface area contributed by atoms with Crippen molar-refractivity contribution in [3.8, 4) is 6.01 Å². The molecule has 1 aromatic heterocycles. The van der Waals surface area contributed by atoms with Crippen LogP contribution >= 0.6 is 0 Å². The zero-order valence-corrected chi connectivity index (χ0v) is 20.5. The molecule has 2 aliphatic rings. The van der Waals surface area contributed by atoms with Crippen LogP contribution < -0.4 is 15.0 Å². The van der Waals surface area contributed by atoms with E-state index in [9.17, 15) is 4.79 Å². The molecule has 1 N–H and O–H groups in total. The van der Waals surface area contributed by atoms with Gasteiger partial charge in [-0.1, -0.05) is 30.3 Å². The predicted octanol–water partition coefficient (Wildman–Crippen LogP) is 1.32. The summed E-state index contributed by atoms with van der Waals surface area (Å²) in [6, 6.07) is 10.2. The molecule has 0 aliphatic carbocycles. The summed E-state index contributed by atoms with van der Waals surface area (Å²) in [6.07, 6.45) is 0.903. The van der Waals surface area contributed by atoms with Crippen molar-refractivity contribution in [2.24, 2.45) is 0 Å². The smallest absolute Gasteiger partial charge is 0.320 e. The molecule has 3 heterocycles. The summed E-state index contributed by atoms with van der Waals surface area (Å²) in [5.74, 6) is 0.790. The van der Waals surface area contributed by atoms with Gasteiger partial charge in [-0.2, -0.15) is 9.97 Å². The first-order chi connectivity index (χ1) is 16.5. The number of ether oxygens (including phenoxy) is 2. The van der Waals surface area contributed by atoms with Crippen molar-refractivity contribution in [3.05, 3.63) is 47.2 Å². The lowest BCUT2D eigenvalue weighted by molar-refractivity contribution is -0.146. The maximum absolute atomic E-state index is 12.3. The van der Waals surface area contributed by atoms with Gasteiger partial charge in [-0.15, -0.1) is 0 Å². The molecule has 0 bridgehead atoms. The minimum atomic E-state index is -0.187. The van der Waals surface area contributed by atoms with Gasteiger partial charge in [0.05, 0.1) is 12.2 Å². The minimum absolute atomic E-state index is 0.00352. The van der Waals surface area contributed by atoms with E-state index >= 15 is 0 Å². The van der Waals surface area contributed by atoms with Crippen LogP contribution in [0.2, 0.25) is 0 Å². The summed E-state index contributed by atoms with van der Waals surface area (Å²) >= 11 is 0. The second-order valence-corrected chi connectivity index (χ2v) is 9.28. The number of carbonyl (C=O) groups excluding carboxylic acids is 1. The third-order valence-corrected chi connectivity index (χ3v) is 6.09. The fraction of sp³-hybridized carbons (Fsp3) is 0.560. The van der Waals surface area contributed by atoms with Gasteiger partial charge in [0.25, 0.3) is 0 Å². The second-order valence-electron chi connectivity index (χ2n) is 9.28. The number of nitrogens with zero attached hydrogens (tertiary/aromatic N) is 5. The molecule has 2 aliphatic heterocycles. The number of aromatic nitrogens is 2. The van der Waals surface area contributed by atoms with Gasteiger partial charge in [-0.3, -0.25) is 9.69 Å². The van der Waals surface area contributed by atoms with Crippen LogP contribution in [0.5, 0.6) is 6.01 Å². The second kappa shape index (κ2) is 11.6. The van der Waals surface area contributed by atoms with Gasteiger partial charge in [-0.25, -0.2) is 0 Å². The Labute approximate surface area is 202 Å². The number of hydrogen-bond acceptors (Lipinski definition) is 9. The average molecular weight is 469 g/mol. The van der Waals surface area contributed by atoms with Crippen LogP contribution in [-0.2, 0) is 29.1 Å².